The third-order valence-electron chi connectivity index (χ3n) is 3.51. The van der Waals surface area contributed by atoms with E-state index < -0.39 is 0 Å². The number of benzene rings is 1. The van der Waals surface area contributed by atoms with Crippen LogP contribution in [0.4, 0.5) is 5.69 Å². The molecule has 1 N–H and O–H groups in total. The van der Waals surface area contributed by atoms with Crippen LogP contribution in [0.2, 0.25) is 0 Å². The molecule has 0 unspecified atom stereocenters. The van der Waals surface area contributed by atoms with Crippen molar-refractivity contribution in [1.82, 2.24) is 0 Å². The zero-order valence-electron chi connectivity index (χ0n) is 10.9. The molecule has 1 aliphatic heterocycles. The van der Waals surface area contributed by atoms with Crippen molar-refractivity contribution in [2.24, 2.45) is 0 Å². The number of fused-ring (bicyclic) bond motifs is 1. The first-order chi connectivity index (χ1) is 7.86. The van der Waals surface area contributed by atoms with Crippen LogP contribution < -0.4 is 4.90 Å². The molecule has 0 saturated carbocycles. The number of aryl methyl sites for hydroxylation is 1. The Morgan fingerprint density at radius 1 is 1.41 bits per heavy atom. The van der Waals surface area contributed by atoms with E-state index in [1.807, 2.05) is 20.8 Å². The minimum Gasteiger partial charge on any atom is -0.395 e. The quantitative estimate of drug-likeness (QED) is 0.846. The number of aliphatic hydroxyl groups is 1. The highest BCUT2D eigenvalue weighted by atomic mass is 16.3. The molecule has 2 rings (SSSR count). The minimum absolute atomic E-state index is 0.0743. The van der Waals surface area contributed by atoms with E-state index in [1.165, 1.54) is 0 Å². The number of aliphatic hydroxyl groups excluding tert-OH is 1. The van der Waals surface area contributed by atoms with E-state index in [0.29, 0.717) is 6.42 Å². The van der Waals surface area contributed by atoms with Gasteiger partial charge in [0.05, 0.1) is 18.7 Å². The van der Waals surface area contributed by atoms with Crippen LogP contribution in [0.1, 0.15) is 30.5 Å². The lowest BCUT2D eigenvalue weighted by atomic mass is 9.82. The molecule has 0 spiro atoms. The Hall–Kier alpha value is -1.35. The van der Waals surface area contributed by atoms with Crippen LogP contribution in [0.5, 0.6) is 0 Å². The van der Waals surface area contributed by atoms with Crippen molar-refractivity contribution in [3.05, 3.63) is 28.8 Å². The Morgan fingerprint density at radius 3 is 2.65 bits per heavy atom. The second-order valence-electron chi connectivity index (χ2n) is 5.49. The number of carbonyl (C=O) groups is 1. The highest BCUT2D eigenvalue weighted by Crippen LogP contribution is 2.39. The average molecular weight is 233 g/mol. The summed E-state index contributed by atoms with van der Waals surface area (Å²) in [6, 6.07) is 4.14. The molecular weight excluding hydrogens is 214 g/mol. The molecule has 0 saturated heterocycles. The fourth-order valence-electron chi connectivity index (χ4n) is 2.39. The molecule has 1 aliphatic rings. The molecule has 0 radical (unpaired) electrons. The maximum absolute atomic E-state index is 11.8. The largest absolute Gasteiger partial charge is 0.395 e. The van der Waals surface area contributed by atoms with Crippen molar-refractivity contribution in [2.45, 2.75) is 32.6 Å². The Bertz CT molecular complexity index is 477. The third kappa shape index (κ3) is 1.84. The molecule has 1 aromatic carbocycles. The number of anilines is 1. The Labute approximate surface area is 102 Å². The fourth-order valence-corrected chi connectivity index (χ4v) is 2.39. The number of amides is 1. The van der Waals surface area contributed by atoms with Crippen molar-refractivity contribution in [3.63, 3.8) is 0 Å². The number of carbonyl (C=O) groups excluding carboxylic acids is 1. The molecule has 17 heavy (non-hydrogen) atoms. The summed E-state index contributed by atoms with van der Waals surface area (Å²) in [6.45, 7) is 6.10. The van der Waals surface area contributed by atoms with Crippen LogP contribution in [0.15, 0.2) is 12.1 Å². The summed E-state index contributed by atoms with van der Waals surface area (Å²) in [7, 11) is 1.81. The summed E-state index contributed by atoms with van der Waals surface area (Å²) in [6.07, 6.45) is 0.474. The summed E-state index contributed by atoms with van der Waals surface area (Å²) < 4.78 is 0. The first kappa shape index (κ1) is 12.1. The van der Waals surface area contributed by atoms with Crippen molar-refractivity contribution >= 4 is 11.6 Å². The fraction of sp³-hybridized carbons (Fsp3) is 0.500. The van der Waals surface area contributed by atoms with E-state index in [1.54, 1.807) is 11.9 Å². The van der Waals surface area contributed by atoms with Gasteiger partial charge in [-0.2, -0.15) is 0 Å². The van der Waals surface area contributed by atoms with Gasteiger partial charge < -0.3 is 10.0 Å². The Balaban J connectivity index is 2.66. The lowest BCUT2D eigenvalue weighted by Crippen LogP contribution is -2.28. The molecule has 0 aliphatic carbocycles. The maximum atomic E-state index is 11.8. The van der Waals surface area contributed by atoms with Gasteiger partial charge in [-0.3, -0.25) is 4.79 Å². The highest BCUT2D eigenvalue weighted by Gasteiger charge is 2.32. The summed E-state index contributed by atoms with van der Waals surface area (Å²) in [5.41, 5.74) is 3.94. The SMILES string of the molecule is Cc1cc2c(c(C(C)(C)CO)c1)N(C)C(=O)C2. The van der Waals surface area contributed by atoms with Gasteiger partial charge in [0, 0.05) is 12.5 Å². The number of hydrogen-bond acceptors (Lipinski definition) is 2. The molecule has 3 heteroatoms. The number of likely N-dealkylation sites (N-methyl/N-ethyl adjacent to an activating group) is 1. The van der Waals surface area contributed by atoms with Crippen LogP contribution in [-0.2, 0) is 16.6 Å². The predicted octanol–water partition coefficient (Wildman–Crippen LogP) is 1.78. The van der Waals surface area contributed by atoms with E-state index >= 15 is 0 Å². The van der Waals surface area contributed by atoms with Crippen LogP contribution in [0, 0.1) is 6.92 Å². The molecule has 3 nitrogen and oxygen atoms in total. The molecule has 1 aromatic rings. The van der Waals surface area contributed by atoms with Crippen LogP contribution in [0.25, 0.3) is 0 Å². The molecule has 1 amide bonds. The summed E-state index contributed by atoms with van der Waals surface area (Å²) in [5.74, 6) is 0.126. The lowest BCUT2D eigenvalue weighted by molar-refractivity contribution is -0.117. The van der Waals surface area contributed by atoms with Crippen LogP contribution in [-0.4, -0.2) is 24.7 Å². The van der Waals surface area contributed by atoms with Crippen LogP contribution >= 0.6 is 0 Å². The molecule has 0 bridgehead atoms. The normalized spacial score (nSPS) is 15.4. The first-order valence-electron chi connectivity index (χ1n) is 5.88. The molecule has 1 heterocycles. The molecule has 0 aromatic heterocycles. The highest BCUT2D eigenvalue weighted by molar-refractivity contribution is 6.02. The second-order valence-corrected chi connectivity index (χ2v) is 5.49. The van der Waals surface area contributed by atoms with E-state index in [2.05, 4.69) is 12.1 Å². The smallest absolute Gasteiger partial charge is 0.231 e. The van der Waals surface area contributed by atoms with Crippen molar-refractivity contribution < 1.29 is 9.90 Å². The standard InChI is InChI=1S/C14H19NO2/c1-9-5-10-7-12(17)15(4)13(10)11(6-9)14(2,3)8-16/h5-6,16H,7-8H2,1-4H3. The minimum atomic E-state index is -0.324. The monoisotopic (exact) mass is 233 g/mol. The number of rotatable bonds is 2. The van der Waals surface area contributed by atoms with Gasteiger partial charge in [-0.05, 0) is 18.1 Å². The van der Waals surface area contributed by atoms with E-state index in [0.717, 1.165) is 22.4 Å². The van der Waals surface area contributed by atoms with Gasteiger partial charge in [-0.25, -0.2) is 0 Å². The van der Waals surface area contributed by atoms with Crippen molar-refractivity contribution in [1.29, 1.82) is 0 Å². The predicted molar refractivity (Wildman–Crippen MR) is 68.4 cm³/mol. The van der Waals surface area contributed by atoms with Gasteiger partial charge in [-0.1, -0.05) is 31.5 Å². The molecule has 0 atom stereocenters. The van der Waals surface area contributed by atoms with Crippen molar-refractivity contribution in [3.8, 4) is 0 Å². The summed E-state index contributed by atoms with van der Waals surface area (Å²) >= 11 is 0. The zero-order valence-corrected chi connectivity index (χ0v) is 10.9. The summed E-state index contributed by atoms with van der Waals surface area (Å²) in [4.78, 5) is 13.5. The van der Waals surface area contributed by atoms with E-state index in [4.69, 9.17) is 0 Å². The first-order valence-corrected chi connectivity index (χ1v) is 5.88. The number of hydrogen-bond donors (Lipinski definition) is 1. The Morgan fingerprint density at radius 2 is 2.06 bits per heavy atom. The number of nitrogens with zero attached hydrogens (tertiary/aromatic N) is 1. The van der Waals surface area contributed by atoms with E-state index in [-0.39, 0.29) is 17.9 Å². The second kappa shape index (κ2) is 3.84. The maximum Gasteiger partial charge on any atom is 0.231 e. The lowest BCUT2D eigenvalue weighted by Gasteiger charge is -2.28. The zero-order chi connectivity index (χ0) is 12.8. The van der Waals surface area contributed by atoms with Gasteiger partial charge in [0.25, 0.3) is 0 Å². The van der Waals surface area contributed by atoms with Gasteiger partial charge in [0.15, 0.2) is 0 Å². The topological polar surface area (TPSA) is 40.5 Å². The average Bonchev–Trinajstić information content (AvgIpc) is 2.53. The van der Waals surface area contributed by atoms with Crippen LogP contribution in [0.3, 0.4) is 0 Å². The third-order valence-corrected chi connectivity index (χ3v) is 3.51. The Kier molecular flexibility index (Phi) is 2.74. The van der Waals surface area contributed by atoms with Gasteiger partial charge in [0.1, 0.15) is 0 Å². The van der Waals surface area contributed by atoms with Gasteiger partial charge in [0.2, 0.25) is 5.91 Å². The van der Waals surface area contributed by atoms with Crippen molar-refractivity contribution in [2.75, 3.05) is 18.6 Å². The van der Waals surface area contributed by atoms with E-state index in [9.17, 15) is 9.90 Å². The summed E-state index contributed by atoms with van der Waals surface area (Å²) in [5, 5.41) is 9.52. The molecule has 92 valence electrons. The van der Waals surface area contributed by atoms with Gasteiger partial charge in [-0.15, -0.1) is 0 Å². The molecule has 0 fully saturated rings. The molecular formula is C14H19NO2. The van der Waals surface area contributed by atoms with Gasteiger partial charge >= 0.3 is 0 Å².